The molecule has 5 rings (SSSR count). The zero-order valence-electron chi connectivity index (χ0n) is 23.5. The van der Waals surface area contributed by atoms with E-state index in [4.69, 9.17) is 0 Å². The predicted molar refractivity (Wildman–Crippen MR) is 158 cm³/mol. The van der Waals surface area contributed by atoms with Gasteiger partial charge in [-0.15, -0.1) is 0 Å². The molecule has 0 spiro atoms. The van der Waals surface area contributed by atoms with Crippen molar-refractivity contribution in [2.75, 3.05) is 10.2 Å². The Morgan fingerprint density at radius 1 is 0.949 bits per heavy atom. The number of aromatic nitrogens is 1. The zero-order valence-corrected chi connectivity index (χ0v) is 23.5. The first-order chi connectivity index (χ1) is 18.8. The fourth-order valence-corrected chi connectivity index (χ4v) is 5.86. The third-order valence-corrected chi connectivity index (χ3v) is 8.02. The number of ketones is 1. The van der Waals surface area contributed by atoms with E-state index in [1.807, 2.05) is 41.3 Å². The average molecular weight is 522 g/mol. The van der Waals surface area contributed by atoms with Gasteiger partial charge in [-0.05, 0) is 65.1 Å². The number of anilines is 2. The molecule has 0 unspecified atom stereocenters. The quantitative estimate of drug-likeness (QED) is 0.335. The van der Waals surface area contributed by atoms with Crippen LogP contribution in [-0.2, 0) is 15.0 Å². The zero-order chi connectivity index (χ0) is 27.6. The highest BCUT2D eigenvalue weighted by Crippen LogP contribution is 2.47. The number of fused-ring (bicyclic) bond motifs is 1. The number of para-hydroxylation sites is 2. The number of carbonyl (C=O) groups is 2. The lowest BCUT2D eigenvalue weighted by atomic mass is 9.77. The topological polar surface area (TPSA) is 62.3 Å². The molecule has 0 fully saturated rings. The Labute approximate surface area is 232 Å². The van der Waals surface area contributed by atoms with E-state index < -0.39 is 6.04 Å². The van der Waals surface area contributed by atoms with E-state index in [2.05, 4.69) is 62.3 Å². The molecule has 1 N–H and O–H groups in total. The van der Waals surface area contributed by atoms with Crippen molar-refractivity contribution in [2.24, 2.45) is 0 Å². The number of nitrogens with zero attached hydrogens (tertiary/aromatic N) is 2. The van der Waals surface area contributed by atoms with Gasteiger partial charge in [0.1, 0.15) is 0 Å². The van der Waals surface area contributed by atoms with Crippen molar-refractivity contribution in [3.63, 3.8) is 0 Å². The lowest BCUT2D eigenvalue weighted by Crippen LogP contribution is -2.38. The molecule has 1 aromatic heterocycles. The molecule has 3 aromatic rings. The Kier molecular flexibility index (Phi) is 7.69. The van der Waals surface area contributed by atoms with Crippen molar-refractivity contribution >= 4 is 23.1 Å². The Bertz CT molecular complexity index is 1370. The van der Waals surface area contributed by atoms with Crippen LogP contribution >= 0.6 is 0 Å². The first kappa shape index (κ1) is 26.9. The van der Waals surface area contributed by atoms with E-state index in [-0.39, 0.29) is 23.0 Å². The van der Waals surface area contributed by atoms with E-state index in [0.717, 1.165) is 41.9 Å². The van der Waals surface area contributed by atoms with Gasteiger partial charge < -0.3 is 5.32 Å². The molecule has 0 radical (unpaired) electrons. The summed E-state index contributed by atoms with van der Waals surface area (Å²) in [5.41, 5.74) is 6.73. The lowest BCUT2D eigenvalue weighted by Gasteiger charge is -2.35. The minimum absolute atomic E-state index is 0.0426. The van der Waals surface area contributed by atoms with Crippen LogP contribution < -0.4 is 10.2 Å². The summed E-state index contributed by atoms with van der Waals surface area (Å²) in [7, 11) is 0. The Balaban J connectivity index is 1.60. The third-order valence-electron chi connectivity index (χ3n) is 8.02. The van der Waals surface area contributed by atoms with Crippen LogP contribution in [0.5, 0.6) is 0 Å². The van der Waals surface area contributed by atoms with E-state index in [9.17, 15) is 9.59 Å². The van der Waals surface area contributed by atoms with Gasteiger partial charge in [0.25, 0.3) is 0 Å². The number of Topliss-reactive ketones (excluding diaryl/α,β-unsaturated/α-hetero) is 1. The molecule has 2 aromatic carbocycles. The van der Waals surface area contributed by atoms with Gasteiger partial charge in [0.05, 0.1) is 17.4 Å². The molecule has 202 valence electrons. The summed E-state index contributed by atoms with van der Waals surface area (Å²) in [4.78, 5) is 34.1. The number of amides is 1. The molecular weight excluding hydrogens is 482 g/mol. The third kappa shape index (κ3) is 5.54. The molecule has 0 saturated carbocycles. The van der Waals surface area contributed by atoms with Gasteiger partial charge in [0, 0.05) is 36.5 Å². The van der Waals surface area contributed by atoms with E-state index in [1.165, 1.54) is 11.1 Å². The summed E-state index contributed by atoms with van der Waals surface area (Å²) in [6.07, 6.45) is 7.95. The largest absolute Gasteiger partial charge is 0.357 e. The van der Waals surface area contributed by atoms with E-state index in [0.29, 0.717) is 24.8 Å². The van der Waals surface area contributed by atoms with Crippen molar-refractivity contribution in [3.8, 4) is 0 Å². The highest BCUT2D eigenvalue weighted by atomic mass is 16.2. The molecule has 1 amide bonds. The maximum Gasteiger partial charge on any atom is 0.227 e. The number of pyridine rings is 1. The average Bonchev–Trinajstić information content (AvgIpc) is 3.08. The molecular formula is C34H39N3O2. The molecule has 2 atom stereocenters. The van der Waals surface area contributed by atoms with Crippen molar-refractivity contribution < 1.29 is 9.59 Å². The molecule has 0 bridgehead atoms. The highest BCUT2D eigenvalue weighted by Gasteiger charge is 2.41. The van der Waals surface area contributed by atoms with Gasteiger partial charge in [-0.3, -0.25) is 19.5 Å². The second-order valence-corrected chi connectivity index (χ2v) is 11.8. The van der Waals surface area contributed by atoms with Crippen LogP contribution in [0.4, 0.5) is 11.4 Å². The van der Waals surface area contributed by atoms with Crippen LogP contribution in [0.1, 0.15) is 94.9 Å². The number of carbonyl (C=O) groups excluding carboxylic acids is 2. The molecule has 5 nitrogen and oxygen atoms in total. The normalized spacial score (nSPS) is 19.2. The Morgan fingerprint density at radius 3 is 2.36 bits per heavy atom. The summed E-state index contributed by atoms with van der Waals surface area (Å²) >= 11 is 0. The number of allylic oxidation sites excluding steroid dienone is 1. The van der Waals surface area contributed by atoms with Crippen LogP contribution in [0.2, 0.25) is 0 Å². The molecule has 0 saturated heterocycles. The number of hydrogen-bond donors (Lipinski definition) is 1. The maximum atomic E-state index is 14.1. The second kappa shape index (κ2) is 11.2. The Morgan fingerprint density at radius 2 is 1.67 bits per heavy atom. The summed E-state index contributed by atoms with van der Waals surface area (Å²) in [6.45, 7) is 8.78. The number of rotatable bonds is 6. The number of hydrogen-bond acceptors (Lipinski definition) is 4. The number of unbranched alkanes of at least 4 members (excludes halogenated alkanes) is 2. The smallest absolute Gasteiger partial charge is 0.227 e. The lowest BCUT2D eigenvalue weighted by molar-refractivity contribution is -0.119. The highest BCUT2D eigenvalue weighted by molar-refractivity contribution is 6.06. The van der Waals surface area contributed by atoms with Crippen molar-refractivity contribution in [2.45, 2.75) is 83.6 Å². The summed E-state index contributed by atoms with van der Waals surface area (Å²) < 4.78 is 0. The minimum Gasteiger partial charge on any atom is -0.357 e. The van der Waals surface area contributed by atoms with Gasteiger partial charge in [-0.1, -0.05) is 76.9 Å². The SMILES string of the molecule is CCCCCC(=O)N1c2ccccc2NC2=C(C(=O)C[C@@H](c3ccc(C(C)(C)C)cc3)C2)[C@@H]1c1ccncc1. The van der Waals surface area contributed by atoms with E-state index >= 15 is 0 Å². The Hall–Kier alpha value is -3.73. The predicted octanol–water partition coefficient (Wildman–Crippen LogP) is 7.86. The molecule has 2 aliphatic rings. The number of benzene rings is 2. The van der Waals surface area contributed by atoms with Crippen molar-refractivity contribution in [1.29, 1.82) is 0 Å². The first-order valence-electron chi connectivity index (χ1n) is 14.2. The summed E-state index contributed by atoms with van der Waals surface area (Å²) in [6, 6.07) is 20.0. The van der Waals surface area contributed by atoms with Crippen LogP contribution in [-0.4, -0.2) is 16.7 Å². The maximum absolute atomic E-state index is 14.1. The van der Waals surface area contributed by atoms with Crippen LogP contribution in [0, 0.1) is 0 Å². The van der Waals surface area contributed by atoms with Gasteiger partial charge in [-0.25, -0.2) is 0 Å². The molecule has 1 aliphatic heterocycles. The van der Waals surface area contributed by atoms with Crippen molar-refractivity contribution in [1.82, 2.24) is 4.98 Å². The molecule has 2 heterocycles. The number of nitrogens with one attached hydrogen (secondary N) is 1. The second-order valence-electron chi connectivity index (χ2n) is 11.8. The summed E-state index contributed by atoms with van der Waals surface area (Å²) in [5.74, 6) is 0.213. The van der Waals surface area contributed by atoms with Gasteiger partial charge >= 0.3 is 0 Å². The van der Waals surface area contributed by atoms with Crippen LogP contribution in [0.3, 0.4) is 0 Å². The van der Waals surface area contributed by atoms with Crippen LogP contribution in [0.15, 0.2) is 84.3 Å². The first-order valence-corrected chi connectivity index (χ1v) is 14.2. The standard InChI is InChI=1S/C34H39N3O2/c1-5-6-7-12-31(39)37-29-11-9-8-10-27(29)36-28-21-25(23-13-15-26(16-14-23)34(2,3)4)22-30(38)32(28)33(37)24-17-19-35-20-18-24/h8-11,13-20,25,33,36H,5-7,12,21-22H2,1-4H3/t25-,33-/m0/s1. The van der Waals surface area contributed by atoms with Gasteiger partial charge in [0.15, 0.2) is 5.78 Å². The van der Waals surface area contributed by atoms with E-state index in [1.54, 1.807) is 12.4 Å². The van der Waals surface area contributed by atoms with Gasteiger partial charge in [0.2, 0.25) is 5.91 Å². The monoisotopic (exact) mass is 521 g/mol. The molecule has 39 heavy (non-hydrogen) atoms. The van der Waals surface area contributed by atoms with Crippen molar-refractivity contribution in [3.05, 3.63) is 101 Å². The molecule has 1 aliphatic carbocycles. The fourth-order valence-electron chi connectivity index (χ4n) is 5.86. The van der Waals surface area contributed by atoms with Gasteiger partial charge in [-0.2, -0.15) is 0 Å². The molecule has 5 heteroatoms. The fraction of sp³-hybridized carbons (Fsp3) is 0.382. The van der Waals surface area contributed by atoms with Crippen LogP contribution in [0.25, 0.3) is 0 Å². The summed E-state index contributed by atoms with van der Waals surface area (Å²) in [5, 5.41) is 3.63. The minimum atomic E-state index is -0.495.